The molecule has 0 saturated carbocycles. The number of carbonyl (C=O) groups is 2. The standard InChI is InChI=1S/C23H20F2N6O2/c24-16-7-6-15(12-17(16)25)27-21(32)13-20-22(33)30(10-3-9-29-11-8-26-14-29)23-28-18-4-1-2-5-19(18)31(20)23/h1-2,4-8,11-12,14,20H,3,9-10,13H2,(H,27,32)/t20-/m1/s1. The van der Waals surface area contributed by atoms with Gasteiger partial charge in [-0.3, -0.25) is 19.1 Å². The van der Waals surface area contributed by atoms with Crippen LogP contribution < -0.4 is 10.2 Å². The molecule has 0 aliphatic carbocycles. The van der Waals surface area contributed by atoms with Gasteiger partial charge in [0.2, 0.25) is 11.9 Å². The number of fused-ring (bicyclic) bond motifs is 3. The predicted octanol–water partition coefficient (Wildman–Crippen LogP) is 3.52. The zero-order valence-electron chi connectivity index (χ0n) is 17.5. The van der Waals surface area contributed by atoms with E-state index in [4.69, 9.17) is 0 Å². The average Bonchev–Trinajstić information content (AvgIpc) is 3.50. The number of para-hydroxylation sites is 2. The van der Waals surface area contributed by atoms with E-state index in [0.29, 0.717) is 25.5 Å². The first-order valence-electron chi connectivity index (χ1n) is 10.5. The quantitative estimate of drug-likeness (QED) is 0.467. The van der Waals surface area contributed by atoms with Gasteiger partial charge in [-0.15, -0.1) is 0 Å². The molecule has 2 aromatic carbocycles. The minimum atomic E-state index is -1.06. The van der Waals surface area contributed by atoms with E-state index in [9.17, 15) is 18.4 Å². The molecule has 1 aliphatic heterocycles. The van der Waals surface area contributed by atoms with Crippen LogP contribution in [0.15, 0.2) is 61.2 Å². The smallest absolute Gasteiger partial charge is 0.253 e. The summed E-state index contributed by atoms with van der Waals surface area (Å²) in [4.78, 5) is 36.3. The number of aryl methyl sites for hydroxylation is 1. The van der Waals surface area contributed by atoms with Crippen LogP contribution in [-0.2, 0) is 16.1 Å². The molecule has 1 atom stereocenters. The van der Waals surface area contributed by atoms with Gasteiger partial charge in [0.05, 0.1) is 23.8 Å². The van der Waals surface area contributed by atoms with Crippen LogP contribution in [0, 0.1) is 11.6 Å². The van der Waals surface area contributed by atoms with Crippen molar-refractivity contribution in [3.63, 3.8) is 0 Å². The van der Waals surface area contributed by atoms with Crippen molar-refractivity contribution in [1.29, 1.82) is 0 Å². The Morgan fingerprint density at radius 3 is 2.73 bits per heavy atom. The summed E-state index contributed by atoms with van der Waals surface area (Å²) >= 11 is 0. The van der Waals surface area contributed by atoms with Gasteiger partial charge in [0.15, 0.2) is 11.6 Å². The molecule has 0 fully saturated rings. The Balaban J connectivity index is 1.38. The van der Waals surface area contributed by atoms with Crippen LogP contribution in [-0.4, -0.2) is 37.5 Å². The van der Waals surface area contributed by atoms with Gasteiger partial charge in [-0.1, -0.05) is 12.1 Å². The molecule has 1 aliphatic rings. The number of hydrogen-bond donors (Lipinski definition) is 1. The van der Waals surface area contributed by atoms with Crippen molar-refractivity contribution in [2.75, 3.05) is 16.8 Å². The lowest BCUT2D eigenvalue weighted by Crippen LogP contribution is -2.32. The lowest BCUT2D eigenvalue weighted by Gasteiger charge is -2.16. The van der Waals surface area contributed by atoms with Gasteiger partial charge in [0.25, 0.3) is 5.91 Å². The number of anilines is 2. The Morgan fingerprint density at radius 2 is 1.94 bits per heavy atom. The summed E-state index contributed by atoms with van der Waals surface area (Å²) in [5.41, 5.74) is 1.60. The summed E-state index contributed by atoms with van der Waals surface area (Å²) in [5, 5.41) is 2.54. The van der Waals surface area contributed by atoms with Crippen LogP contribution in [0.2, 0.25) is 0 Å². The number of hydrogen-bond acceptors (Lipinski definition) is 4. The first-order valence-corrected chi connectivity index (χ1v) is 10.5. The molecule has 1 N–H and O–H groups in total. The second-order valence-corrected chi connectivity index (χ2v) is 7.81. The third-order valence-corrected chi connectivity index (χ3v) is 5.62. The zero-order valence-corrected chi connectivity index (χ0v) is 17.5. The van der Waals surface area contributed by atoms with Crippen molar-refractivity contribution in [2.24, 2.45) is 0 Å². The third-order valence-electron chi connectivity index (χ3n) is 5.62. The summed E-state index contributed by atoms with van der Waals surface area (Å²) in [7, 11) is 0. The normalized spacial score (nSPS) is 15.3. The first kappa shape index (κ1) is 20.8. The van der Waals surface area contributed by atoms with E-state index in [-0.39, 0.29) is 18.0 Å². The molecule has 5 rings (SSSR count). The largest absolute Gasteiger partial charge is 0.337 e. The summed E-state index contributed by atoms with van der Waals surface area (Å²) in [6.07, 6.45) is 5.78. The monoisotopic (exact) mass is 450 g/mol. The highest BCUT2D eigenvalue weighted by atomic mass is 19.2. The summed E-state index contributed by atoms with van der Waals surface area (Å²) < 4.78 is 30.4. The number of amides is 2. The highest BCUT2D eigenvalue weighted by Gasteiger charge is 2.40. The zero-order chi connectivity index (χ0) is 22.9. The van der Waals surface area contributed by atoms with Crippen LogP contribution in [0.3, 0.4) is 0 Å². The Hall–Kier alpha value is -4.08. The summed E-state index contributed by atoms with van der Waals surface area (Å²) in [6, 6.07) is 9.75. The van der Waals surface area contributed by atoms with E-state index >= 15 is 0 Å². The molecule has 0 spiro atoms. The molecular formula is C23H20F2N6O2. The molecule has 4 aromatic rings. The Morgan fingerprint density at radius 1 is 1.09 bits per heavy atom. The fourth-order valence-corrected chi connectivity index (χ4v) is 4.10. The average molecular weight is 450 g/mol. The van der Waals surface area contributed by atoms with E-state index in [1.165, 1.54) is 6.07 Å². The molecule has 0 radical (unpaired) electrons. The van der Waals surface area contributed by atoms with E-state index in [1.54, 1.807) is 22.0 Å². The number of nitrogens with zero attached hydrogens (tertiary/aromatic N) is 5. The third kappa shape index (κ3) is 3.95. The molecule has 33 heavy (non-hydrogen) atoms. The van der Waals surface area contributed by atoms with E-state index < -0.39 is 23.6 Å². The Bertz CT molecular complexity index is 1330. The molecule has 168 valence electrons. The van der Waals surface area contributed by atoms with Crippen LogP contribution >= 0.6 is 0 Å². The summed E-state index contributed by atoms with van der Waals surface area (Å²) in [5.74, 6) is -2.27. The number of benzene rings is 2. The lowest BCUT2D eigenvalue weighted by molar-refractivity contribution is -0.124. The number of carbonyl (C=O) groups excluding carboxylic acids is 2. The maximum atomic E-state index is 13.5. The highest BCUT2D eigenvalue weighted by molar-refractivity contribution is 6.05. The molecule has 0 unspecified atom stereocenters. The van der Waals surface area contributed by atoms with Crippen molar-refractivity contribution in [2.45, 2.75) is 25.4 Å². The van der Waals surface area contributed by atoms with Crippen LogP contribution in [0.1, 0.15) is 18.9 Å². The van der Waals surface area contributed by atoms with Crippen LogP contribution in [0.4, 0.5) is 20.4 Å². The van der Waals surface area contributed by atoms with Gasteiger partial charge >= 0.3 is 0 Å². The minimum absolute atomic E-state index is 0.122. The molecule has 0 bridgehead atoms. The number of imidazole rings is 2. The van der Waals surface area contributed by atoms with Crippen molar-refractivity contribution in [3.8, 4) is 0 Å². The molecule has 0 saturated heterocycles. The van der Waals surface area contributed by atoms with E-state index in [1.807, 2.05) is 35.0 Å². The van der Waals surface area contributed by atoms with Gasteiger partial charge in [0, 0.05) is 37.2 Å². The Kier molecular flexibility index (Phi) is 5.33. The predicted molar refractivity (Wildman–Crippen MR) is 118 cm³/mol. The number of nitrogens with one attached hydrogen (secondary N) is 1. The maximum absolute atomic E-state index is 13.5. The molecule has 2 amide bonds. The molecule has 2 aromatic heterocycles. The van der Waals surface area contributed by atoms with Gasteiger partial charge in [-0.05, 0) is 30.7 Å². The SMILES string of the molecule is O=C(C[C@@H]1C(=O)N(CCCn2ccnc2)c2nc3ccccc3n21)Nc1ccc(F)c(F)c1. The molecule has 10 heteroatoms. The highest BCUT2D eigenvalue weighted by Crippen LogP contribution is 2.36. The maximum Gasteiger partial charge on any atom is 0.253 e. The molecule has 8 nitrogen and oxygen atoms in total. The van der Waals surface area contributed by atoms with Gasteiger partial charge in [0.1, 0.15) is 6.04 Å². The van der Waals surface area contributed by atoms with Crippen LogP contribution in [0.5, 0.6) is 0 Å². The molecule has 3 heterocycles. The van der Waals surface area contributed by atoms with E-state index in [2.05, 4.69) is 15.3 Å². The van der Waals surface area contributed by atoms with Gasteiger partial charge < -0.3 is 9.88 Å². The first-order chi connectivity index (χ1) is 16.0. The van der Waals surface area contributed by atoms with Gasteiger partial charge in [-0.25, -0.2) is 18.7 Å². The number of rotatable bonds is 7. The van der Waals surface area contributed by atoms with Crippen molar-refractivity contribution in [1.82, 2.24) is 19.1 Å². The Labute approximate surface area is 187 Å². The second kappa shape index (κ2) is 8.45. The molecular weight excluding hydrogens is 430 g/mol. The second-order valence-electron chi connectivity index (χ2n) is 7.81. The number of halogens is 2. The lowest BCUT2D eigenvalue weighted by atomic mass is 10.1. The van der Waals surface area contributed by atoms with Crippen LogP contribution in [0.25, 0.3) is 11.0 Å². The fourth-order valence-electron chi connectivity index (χ4n) is 4.10. The van der Waals surface area contributed by atoms with Gasteiger partial charge in [-0.2, -0.15) is 0 Å². The van der Waals surface area contributed by atoms with E-state index in [0.717, 1.165) is 23.2 Å². The topological polar surface area (TPSA) is 85.1 Å². The minimum Gasteiger partial charge on any atom is -0.337 e. The van der Waals surface area contributed by atoms with Crippen molar-refractivity contribution in [3.05, 3.63) is 72.8 Å². The summed E-state index contributed by atoms with van der Waals surface area (Å²) in [6.45, 7) is 1.12. The van der Waals surface area contributed by atoms with Crippen molar-refractivity contribution >= 4 is 34.5 Å². The number of aromatic nitrogens is 4. The van der Waals surface area contributed by atoms with Crippen molar-refractivity contribution < 1.29 is 18.4 Å². The fraction of sp³-hybridized carbons (Fsp3) is 0.217.